The molecule has 4 fully saturated rings. The Labute approximate surface area is 256 Å². The minimum atomic E-state index is -0.282. The zero-order valence-corrected chi connectivity index (χ0v) is 25.6. The maximum Gasteiger partial charge on any atom is 0.317 e. The summed E-state index contributed by atoms with van der Waals surface area (Å²) in [6.45, 7) is 5.87. The number of rotatable bonds is 6. The molecule has 10 nitrogen and oxygen atoms in total. The molecule has 2 saturated carbocycles. The molecule has 43 heavy (non-hydrogen) atoms. The van der Waals surface area contributed by atoms with Crippen molar-refractivity contribution in [3.8, 4) is 0 Å². The van der Waals surface area contributed by atoms with Crippen LogP contribution < -0.4 is 20.4 Å². The van der Waals surface area contributed by atoms with Gasteiger partial charge < -0.3 is 30.2 Å². The zero-order valence-electron chi connectivity index (χ0n) is 25.6. The highest BCUT2D eigenvalue weighted by Crippen LogP contribution is 2.41. The number of amides is 4. The minimum Gasteiger partial charge on any atom is -0.353 e. The maximum absolute atomic E-state index is 13.8. The van der Waals surface area contributed by atoms with E-state index < -0.39 is 0 Å². The van der Waals surface area contributed by atoms with E-state index in [-0.39, 0.29) is 23.1 Å². The number of pyridine rings is 2. The molecule has 6 rings (SSSR count). The van der Waals surface area contributed by atoms with Crippen molar-refractivity contribution in [1.82, 2.24) is 30.4 Å². The number of carbonyl (C=O) groups excluding carboxylic acids is 2. The largest absolute Gasteiger partial charge is 0.353 e. The molecule has 0 bridgehead atoms. The second-order valence-corrected chi connectivity index (χ2v) is 13.0. The average molecular weight is 589 g/mol. The van der Waals surface area contributed by atoms with E-state index in [1.54, 1.807) is 0 Å². The Morgan fingerprint density at radius 3 is 1.33 bits per heavy atom. The molecule has 4 heterocycles. The van der Waals surface area contributed by atoms with Gasteiger partial charge in [0, 0.05) is 75.8 Å². The van der Waals surface area contributed by atoms with Crippen molar-refractivity contribution in [2.75, 3.05) is 62.2 Å². The molecule has 2 aliphatic carbocycles. The van der Waals surface area contributed by atoms with Crippen LogP contribution in [0.15, 0.2) is 48.8 Å². The first-order chi connectivity index (χ1) is 21.0. The lowest BCUT2D eigenvalue weighted by atomic mass is 9.68. The van der Waals surface area contributed by atoms with E-state index in [1.165, 1.54) is 12.8 Å². The first-order valence-corrected chi connectivity index (χ1v) is 16.5. The second kappa shape index (κ2) is 13.4. The fourth-order valence-electron chi connectivity index (χ4n) is 7.77. The second-order valence-electron chi connectivity index (χ2n) is 13.0. The normalized spacial score (nSPS) is 22.1. The maximum atomic E-state index is 13.8. The van der Waals surface area contributed by atoms with E-state index in [0.29, 0.717) is 26.2 Å². The van der Waals surface area contributed by atoms with Gasteiger partial charge in [-0.25, -0.2) is 19.6 Å². The lowest BCUT2D eigenvalue weighted by Gasteiger charge is -2.49. The van der Waals surface area contributed by atoms with Gasteiger partial charge in [-0.3, -0.25) is 0 Å². The molecule has 0 radical (unpaired) electrons. The molecule has 232 valence electrons. The highest BCUT2D eigenvalue weighted by Gasteiger charge is 2.45. The summed E-state index contributed by atoms with van der Waals surface area (Å²) in [5.41, 5.74) is -0.564. The average Bonchev–Trinajstić information content (AvgIpc) is 3.06. The number of nitrogens with one attached hydrogen (secondary N) is 2. The third-order valence-electron chi connectivity index (χ3n) is 10.1. The number of aromatic nitrogens is 2. The molecular weight excluding hydrogens is 540 g/mol. The van der Waals surface area contributed by atoms with Gasteiger partial charge in [-0.2, -0.15) is 0 Å². The van der Waals surface area contributed by atoms with Crippen LogP contribution >= 0.6 is 0 Å². The standard InChI is InChI=1S/C33H48N8O2/c42-30(40-23-19-38(20-24-40)28-11-3-9-17-34-28)36-32(13-5-1-6-14-32)27-33(15-7-2-8-16-33)37-31(43)41-25-21-39(22-26-41)29-12-4-10-18-35-29/h3-4,9-12,17-18H,1-2,5-8,13-16,19-27H2,(H,36,42)(H,37,43). The Morgan fingerprint density at radius 1 is 0.581 bits per heavy atom. The lowest BCUT2D eigenvalue weighted by molar-refractivity contribution is 0.108. The van der Waals surface area contributed by atoms with Gasteiger partial charge in [0.1, 0.15) is 11.6 Å². The minimum absolute atomic E-state index is 0.0468. The molecule has 2 aromatic rings. The van der Waals surface area contributed by atoms with Crippen LogP contribution in [0.5, 0.6) is 0 Å². The van der Waals surface area contributed by atoms with Gasteiger partial charge in [0.05, 0.1) is 0 Å². The predicted octanol–water partition coefficient (Wildman–Crippen LogP) is 4.64. The fraction of sp³-hybridized carbons (Fsp3) is 0.636. The van der Waals surface area contributed by atoms with Crippen LogP contribution in [0.4, 0.5) is 21.2 Å². The first kappa shape index (κ1) is 29.5. The van der Waals surface area contributed by atoms with Crippen molar-refractivity contribution in [3.05, 3.63) is 48.8 Å². The monoisotopic (exact) mass is 588 g/mol. The summed E-state index contributed by atoms with van der Waals surface area (Å²) in [6, 6.07) is 12.0. The molecule has 0 unspecified atom stereocenters. The Balaban J connectivity index is 1.09. The molecule has 2 aromatic heterocycles. The predicted molar refractivity (Wildman–Crippen MR) is 169 cm³/mol. The molecule has 0 aromatic carbocycles. The van der Waals surface area contributed by atoms with Gasteiger partial charge in [-0.05, 0) is 56.4 Å². The van der Waals surface area contributed by atoms with Gasteiger partial charge in [0.25, 0.3) is 0 Å². The quantitative estimate of drug-likeness (QED) is 0.511. The number of hydrogen-bond donors (Lipinski definition) is 2. The Bertz CT molecular complexity index is 1090. The third kappa shape index (κ3) is 7.16. The van der Waals surface area contributed by atoms with E-state index in [2.05, 4.69) is 30.4 Å². The van der Waals surface area contributed by atoms with Gasteiger partial charge in [0.2, 0.25) is 0 Å². The summed E-state index contributed by atoms with van der Waals surface area (Å²) in [4.78, 5) is 44.9. The summed E-state index contributed by atoms with van der Waals surface area (Å²) < 4.78 is 0. The molecular formula is C33H48N8O2. The van der Waals surface area contributed by atoms with Crippen LogP contribution in [-0.2, 0) is 0 Å². The Kier molecular flexibility index (Phi) is 9.19. The van der Waals surface area contributed by atoms with Crippen molar-refractivity contribution in [3.63, 3.8) is 0 Å². The summed E-state index contributed by atoms with van der Waals surface area (Å²) in [6.07, 6.45) is 15.3. The van der Waals surface area contributed by atoms with E-state index in [4.69, 9.17) is 0 Å². The van der Waals surface area contributed by atoms with Crippen molar-refractivity contribution >= 4 is 23.7 Å². The van der Waals surface area contributed by atoms with Crippen LogP contribution in [0.25, 0.3) is 0 Å². The molecule has 0 spiro atoms. The van der Waals surface area contributed by atoms with Gasteiger partial charge in [-0.15, -0.1) is 0 Å². The lowest BCUT2D eigenvalue weighted by Crippen LogP contribution is -2.64. The Morgan fingerprint density at radius 2 is 0.977 bits per heavy atom. The van der Waals surface area contributed by atoms with Crippen molar-refractivity contribution in [2.24, 2.45) is 0 Å². The first-order valence-electron chi connectivity index (χ1n) is 16.5. The SMILES string of the molecule is O=C(NC1(CC2(NC(=O)N3CCN(c4ccccn4)CC3)CCCCC2)CCCCC1)N1CCN(c2ccccn2)CC1. The Hall–Kier alpha value is -3.56. The summed E-state index contributed by atoms with van der Waals surface area (Å²) >= 11 is 0. The highest BCUT2D eigenvalue weighted by molar-refractivity contribution is 5.76. The number of nitrogens with zero attached hydrogens (tertiary/aromatic N) is 6. The van der Waals surface area contributed by atoms with Gasteiger partial charge in [-0.1, -0.05) is 50.7 Å². The summed E-state index contributed by atoms with van der Waals surface area (Å²) in [7, 11) is 0. The van der Waals surface area contributed by atoms with E-state index in [9.17, 15) is 9.59 Å². The van der Waals surface area contributed by atoms with Crippen LogP contribution in [0, 0.1) is 0 Å². The van der Waals surface area contributed by atoms with Crippen LogP contribution in [-0.4, -0.2) is 95.3 Å². The highest BCUT2D eigenvalue weighted by atomic mass is 16.2. The number of anilines is 2. The molecule has 10 heteroatoms. The number of piperazine rings is 2. The van der Waals surface area contributed by atoms with Gasteiger partial charge in [0.15, 0.2) is 0 Å². The van der Waals surface area contributed by atoms with Crippen molar-refractivity contribution in [1.29, 1.82) is 0 Å². The van der Waals surface area contributed by atoms with Crippen molar-refractivity contribution < 1.29 is 9.59 Å². The fourth-order valence-corrected chi connectivity index (χ4v) is 7.77. The van der Waals surface area contributed by atoms with E-state index in [0.717, 1.165) is 95.6 Å². The van der Waals surface area contributed by atoms with Gasteiger partial charge >= 0.3 is 12.1 Å². The summed E-state index contributed by atoms with van der Waals surface area (Å²) in [5, 5.41) is 7.16. The number of urea groups is 2. The molecule has 0 atom stereocenters. The molecule has 2 saturated heterocycles. The van der Waals surface area contributed by atoms with Crippen LogP contribution in [0.2, 0.25) is 0 Å². The molecule has 4 amide bonds. The number of carbonyl (C=O) groups is 2. The summed E-state index contributed by atoms with van der Waals surface area (Å²) in [5.74, 6) is 1.94. The van der Waals surface area contributed by atoms with E-state index >= 15 is 0 Å². The number of hydrogen-bond acceptors (Lipinski definition) is 6. The molecule has 2 aliphatic heterocycles. The van der Waals surface area contributed by atoms with E-state index in [1.807, 2.05) is 58.6 Å². The third-order valence-corrected chi connectivity index (χ3v) is 10.1. The zero-order chi connectivity index (χ0) is 29.5. The topological polar surface area (TPSA) is 96.9 Å². The molecule has 4 aliphatic rings. The molecule has 2 N–H and O–H groups in total. The van der Waals surface area contributed by atoms with Crippen molar-refractivity contribution in [2.45, 2.75) is 81.7 Å². The smallest absolute Gasteiger partial charge is 0.317 e. The van der Waals surface area contributed by atoms with Crippen LogP contribution in [0.3, 0.4) is 0 Å². The van der Waals surface area contributed by atoms with Crippen LogP contribution in [0.1, 0.15) is 70.6 Å².